The highest BCUT2D eigenvalue weighted by Gasteiger charge is 2.37. The fourth-order valence-electron chi connectivity index (χ4n) is 3.09. The van der Waals surface area contributed by atoms with Crippen molar-refractivity contribution < 1.29 is 19.5 Å². The van der Waals surface area contributed by atoms with Crippen LogP contribution in [0, 0.1) is 26.7 Å². The van der Waals surface area contributed by atoms with Crippen molar-refractivity contribution in [3.05, 3.63) is 28.8 Å². The Morgan fingerprint density at radius 2 is 1.83 bits per heavy atom. The van der Waals surface area contributed by atoms with Gasteiger partial charge >= 0.3 is 5.97 Å². The largest absolute Gasteiger partial charge is 0.480 e. The Morgan fingerprint density at radius 3 is 2.35 bits per heavy atom. The molecule has 1 unspecified atom stereocenters. The molecule has 23 heavy (non-hydrogen) atoms. The van der Waals surface area contributed by atoms with Gasteiger partial charge in [-0.2, -0.15) is 0 Å². The summed E-state index contributed by atoms with van der Waals surface area (Å²) >= 11 is 0. The molecule has 2 amide bonds. The highest BCUT2D eigenvalue weighted by Crippen LogP contribution is 2.31. The van der Waals surface area contributed by atoms with E-state index in [-0.39, 0.29) is 18.9 Å². The summed E-state index contributed by atoms with van der Waals surface area (Å²) in [5, 5.41) is 11.3. The summed E-state index contributed by atoms with van der Waals surface area (Å²) in [5.41, 5.74) is 3.97. The predicted octanol–water partition coefficient (Wildman–Crippen LogP) is 1.55. The first-order valence-electron chi connectivity index (χ1n) is 7.62. The second-order valence-electron chi connectivity index (χ2n) is 6.22. The lowest BCUT2D eigenvalue weighted by atomic mass is 10.0. The maximum Gasteiger partial charge on any atom is 0.325 e. The topological polar surface area (TPSA) is 86.7 Å². The number of hydrogen-bond acceptors (Lipinski definition) is 3. The average molecular weight is 318 g/mol. The van der Waals surface area contributed by atoms with E-state index in [9.17, 15) is 14.4 Å². The number of carbonyl (C=O) groups excluding carboxylic acids is 2. The fraction of sp³-hybridized carbons (Fsp3) is 0.471. The van der Waals surface area contributed by atoms with Crippen molar-refractivity contribution in [1.82, 2.24) is 5.32 Å². The van der Waals surface area contributed by atoms with Gasteiger partial charge in [0.05, 0.1) is 5.92 Å². The third kappa shape index (κ3) is 3.52. The molecule has 124 valence electrons. The average Bonchev–Trinajstić information content (AvgIpc) is 2.79. The zero-order valence-corrected chi connectivity index (χ0v) is 13.8. The summed E-state index contributed by atoms with van der Waals surface area (Å²) in [6.45, 7) is 7.58. The zero-order valence-electron chi connectivity index (χ0n) is 13.8. The van der Waals surface area contributed by atoms with Gasteiger partial charge in [0.15, 0.2) is 0 Å². The fourth-order valence-corrected chi connectivity index (χ4v) is 3.09. The molecule has 1 aromatic rings. The molecular formula is C17H22N2O4. The van der Waals surface area contributed by atoms with Gasteiger partial charge in [-0.3, -0.25) is 14.4 Å². The molecule has 0 aliphatic carbocycles. The van der Waals surface area contributed by atoms with E-state index in [1.54, 1.807) is 4.90 Å². The van der Waals surface area contributed by atoms with Crippen molar-refractivity contribution in [2.24, 2.45) is 5.92 Å². The number of carboxylic acid groups (broad SMARTS) is 1. The Labute approximate surface area is 135 Å². The molecule has 0 aromatic heterocycles. The lowest BCUT2D eigenvalue weighted by Gasteiger charge is -2.22. The molecule has 1 heterocycles. The molecule has 2 rings (SSSR count). The number of anilines is 1. The first kappa shape index (κ1) is 17.0. The minimum atomic E-state index is -1.09. The molecule has 2 atom stereocenters. The summed E-state index contributed by atoms with van der Waals surface area (Å²) in [5.74, 6) is -2.12. The smallest absolute Gasteiger partial charge is 0.325 e. The van der Waals surface area contributed by atoms with Crippen molar-refractivity contribution in [3.8, 4) is 0 Å². The lowest BCUT2D eigenvalue weighted by molar-refractivity contribution is -0.141. The lowest BCUT2D eigenvalue weighted by Crippen LogP contribution is -2.42. The van der Waals surface area contributed by atoms with Crippen molar-refractivity contribution in [1.29, 1.82) is 0 Å². The molecule has 6 heteroatoms. The van der Waals surface area contributed by atoms with Crippen LogP contribution in [0.4, 0.5) is 5.69 Å². The Hall–Kier alpha value is -2.37. The molecule has 1 saturated heterocycles. The maximum absolute atomic E-state index is 12.3. The van der Waals surface area contributed by atoms with Gasteiger partial charge in [0.25, 0.3) is 0 Å². The van der Waals surface area contributed by atoms with Crippen molar-refractivity contribution >= 4 is 23.5 Å². The molecule has 1 fully saturated rings. The number of nitrogens with zero attached hydrogens (tertiary/aromatic N) is 1. The third-order valence-corrected chi connectivity index (χ3v) is 4.13. The van der Waals surface area contributed by atoms with Crippen LogP contribution in [0.2, 0.25) is 0 Å². The number of carbonyl (C=O) groups is 3. The van der Waals surface area contributed by atoms with E-state index in [2.05, 4.69) is 5.32 Å². The highest BCUT2D eigenvalue weighted by molar-refractivity contribution is 6.01. The Balaban J connectivity index is 2.18. The van der Waals surface area contributed by atoms with Gasteiger partial charge < -0.3 is 15.3 Å². The first-order chi connectivity index (χ1) is 10.7. The number of benzene rings is 1. The SMILES string of the molecule is Cc1cc(C)c(N2CC(C(=O)N[C@H](C)C(=O)O)CC2=O)c(C)c1. The van der Waals surface area contributed by atoms with Crippen molar-refractivity contribution in [2.75, 3.05) is 11.4 Å². The molecule has 2 N–H and O–H groups in total. The van der Waals surface area contributed by atoms with Gasteiger partial charge in [0.2, 0.25) is 11.8 Å². The number of amides is 2. The number of aryl methyl sites for hydroxylation is 3. The van der Waals surface area contributed by atoms with Crippen LogP contribution in [0.5, 0.6) is 0 Å². The Kier molecular flexibility index (Phi) is 4.73. The van der Waals surface area contributed by atoms with Crippen molar-refractivity contribution in [3.63, 3.8) is 0 Å². The van der Waals surface area contributed by atoms with Crippen LogP contribution in [0.1, 0.15) is 30.0 Å². The number of carboxylic acids is 1. The first-order valence-corrected chi connectivity index (χ1v) is 7.62. The van der Waals surface area contributed by atoms with Gasteiger partial charge in [-0.25, -0.2) is 0 Å². The van der Waals surface area contributed by atoms with Gasteiger partial charge in [-0.15, -0.1) is 0 Å². The molecule has 6 nitrogen and oxygen atoms in total. The Morgan fingerprint density at radius 1 is 1.26 bits per heavy atom. The second-order valence-corrected chi connectivity index (χ2v) is 6.22. The summed E-state index contributed by atoms with van der Waals surface area (Å²) in [7, 11) is 0. The van der Waals surface area contributed by atoms with Gasteiger partial charge in [0.1, 0.15) is 6.04 Å². The van der Waals surface area contributed by atoms with Crippen LogP contribution in [0.25, 0.3) is 0 Å². The molecule has 1 aliphatic rings. The van der Waals surface area contributed by atoms with E-state index in [4.69, 9.17) is 5.11 Å². The summed E-state index contributed by atoms with van der Waals surface area (Å²) in [6.07, 6.45) is 0.102. The van der Waals surface area contributed by atoms with E-state index < -0.39 is 23.8 Å². The Bertz CT molecular complexity index is 646. The quantitative estimate of drug-likeness (QED) is 0.882. The molecule has 0 radical (unpaired) electrons. The van der Waals surface area contributed by atoms with Crippen LogP contribution >= 0.6 is 0 Å². The van der Waals surface area contributed by atoms with Crippen LogP contribution in [0.15, 0.2) is 12.1 Å². The van der Waals surface area contributed by atoms with Crippen molar-refractivity contribution in [2.45, 2.75) is 40.2 Å². The standard InChI is InChI=1S/C17H22N2O4/c1-9-5-10(2)15(11(3)6-9)19-8-13(7-14(19)20)16(21)18-12(4)17(22)23/h5-6,12-13H,7-8H2,1-4H3,(H,18,21)(H,22,23)/t12-,13?/m1/s1. The number of rotatable bonds is 4. The monoisotopic (exact) mass is 318 g/mol. The number of nitrogens with one attached hydrogen (secondary N) is 1. The minimum Gasteiger partial charge on any atom is -0.480 e. The summed E-state index contributed by atoms with van der Waals surface area (Å²) in [4.78, 5) is 36.9. The number of aliphatic carboxylic acids is 1. The summed E-state index contributed by atoms with van der Waals surface area (Å²) in [6, 6.07) is 3.06. The van der Waals surface area contributed by atoms with Crippen LogP contribution < -0.4 is 10.2 Å². The van der Waals surface area contributed by atoms with Crippen LogP contribution in [-0.2, 0) is 14.4 Å². The minimum absolute atomic E-state index is 0.102. The normalized spacial score (nSPS) is 18.9. The number of hydrogen-bond donors (Lipinski definition) is 2. The maximum atomic E-state index is 12.3. The van der Waals surface area contributed by atoms with E-state index in [1.807, 2.05) is 32.9 Å². The predicted molar refractivity (Wildman–Crippen MR) is 86.4 cm³/mol. The molecular weight excluding hydrogens is 296 g/mol. The highest BCUT2D eigenvalue weighted by atomic mass is 16.4. The molecule has 0 bridgehead atoms. The second kappa shape index (κ2) is 6.40. The molecule has 1 aliphatic heterocycles. The van der Waals surface area contributed by atoms with E-state index in [0.717, 1.165) is 22.4 Å². The van der Waals surface area contributed by atoms with Gasteiger partial charge in [-0.1, -0.05) is 17.7 Å². The third-order valence-electron chi connectivity index (χ3n) is 4.13. The van der Waals surface area contributed by atoms with Crippen LogP contribution in [0.3, 0.4) is 0 Å². The van der Waals surface area contributed by atoms with E-state index >= 15 is 0 Å². The van der Waals surface area contributed by atoms with E-state index in [0.29, 0.717) is 0 Å². The molecule has 0 spiro atoms. The van der Waals surface area contributed by atoms with E-state index in [1.165, 1.54) is 6.92 Å². The molecule has 1 aromatic carbocycles. The van der Waals surface area contributed by atoms with Gasteiger partial charge in [-0.05, 0) is 38.8 Å². The van der Waals surface area contributed by atoms with Gasteiger partial charge in [0, 0.05) is 18.7 Å². The van der Waals surface area contributed by atoms with Crippen LogP contribution in [-0.4, -0.2) is 35.5 Å². The zero-order chi connectivity index (χ0) is 17.3. The molecule has 0 saturated carbocycles. The summed E-state index contributed by atoms with van der Waals surface area (Å²) < 4.78 is 0.